The van der Waals surface area contributed by atoms with E-state index in [4.69, 9.17) is 11.6 Å². The average molecular weight is 286 g/mol. The van der Waals surface area contributed by atoms with Crippen LogP contribution < -0.4 is 0 Å². The number of nitrogens with zero attached hydrogens (tertiary/aromatic N) is 1. The molecule has 0 aliphatic rings. The molecule has 1 atom stereocenters. The summed E-state index contributed by atoms with van der Waals surface area (Å²) in [5, 5.41) is -2.88. The maximum atomic E-state index is 12.5. The molecular weight excluding hydrogens is 279 g/mol. The molecule has 1 aromatic carbocycles. The van der Waals surface area contributed by atoms with Crippen molar-refractivity contribution in [1.29, 1.82) is 0 Å². The number of sulfone groups is 1. The van der Waals surface area contributed by atoms with Gasteiger partial charge in [-0.3, -0.25) is 4.99 Å². The van der Waals surface area contributed by atoms with E-state index < -0.39 is 26.3 Å². The lowest BCUT2D eigenvalue weighted by Gasteiger charge is -2.16. The Morgan fingerprint density at radius 3 is 2.18 bits per heavy atom. The summed E-state index contributed by atoms with van der Waals surface area (Å²) in [5.74, 6) is 0. The van der Waals surface area contributed by atoms with E-state index in [0.29, 0.717) is 5.67 Å². The van der Waals surface area contributed by atoms with Gasteiger partial charge in [-0.1, -0.05) is 29.8 Å². The summed E-state index contributed by atoms with van der Waals surface area (Å²) in [6.07, 6.45) is -5.01. The fourth-order valence-electron chi connectivity index (χ4n) is 1.13. The highest BCUT2D eigenvalue weighted by atomic mass is 35.5. The third-order valence-corrected chi connectivity index (χ3v) is 3.86. The van der Waals surface area contributed by atoms with Crippen molar-refractivity contribution in [3.05, 3.63) is 30.3 Å². The highest BCUT2D eigenvalue weighted by Gasteiger charge is 2.49. The predicted octanol–water partition coefficient (Wildman–Crippen LogP) is 2.62. The molecule has 0 amide bonds. The van der Waals surface area contributed by atoms with E-state index in [-0.39, 0.29) is 0 Å². The molecule has 0 aliphatic carbocycles. The topological polar surface area (TPSA) is 46.5 Å². The maximum absolute atomic E-state index is 12.5. The molecule has 0 aliphatic heterocycles. The van der Waals surface area contributed by atoms with Crippen molar-refractivity contribution in [3.63, 3.8) is 0 Å². The van der Waals surface area contributed by atoms with Gasteiger partial charge in [-0.05, 0) is 12.1 Å². The van der Waals surface area contributed by atoms with Gasteiger partial charge in [-0.2, -0.15) is 13.2 Å². The summed E-state index contributed by atoms with van der Waals surface area (Å²) in [4.78, 5) is 2.32. The van der Waals surface area contributed by atoms with Crippen LogP contribution in [-0.4, -0.2) is 25.6 Å². The lowest BCUT2D eigenvalue weighted by molar-refractivity contribution is -0.128. The van der Waals surface area contributed by atoms with Crippen molar-refractivity contribution in [2.45, 2.75) is 16.4 Å². The number of alkyl halides is 3. The van der Waals surface area contributed by atoms with Crippen LogP contribution in [0.15, 0.2) is 40.2 Å². The fraction of sp³-hybridized carbons (Fsp3) is 0.222. The first-order valence-corrected chi connectivity index (χ1v) is 6.26. The standard InChI is InChI=1S/C9H7ClF3NO2S/c10-6-14-8(9(11,12)13)17(15,16)7-4-2-1-3-5-7/h1-6,8H. The van der Waals surface area contributed by atoms with Gasteiger partial charge >= 0.3 is 6.18 Å². The predicted molar refractivity (Wildman–Crippen MR) is 57.8 cm³/mol. The second kappa shape index (κ2) is 5.05. The lowest BCUT2D eigenvalue weighted by Crippen LogP contribution is -2.35. The first kappa shape index (κ1) is 14.0. The quantitative estimate of drug-likeness (QED) is 0.802. The van der Waals surface area contributed by atoms with E-state index in [0.717, 1.165) is 12.1 Å². The largest absolute Gasteiger partial charge is 0.425 e. The second-order valence-electron chi connectivity index (χ2n) is 3.00. The fourth-order valence-corrected chi connectivity index (χ4v) is 2.68. The van der Waals surface area contributed by atoms with Crippen LogP contribution in [-0.2, 0) is 9.84 Å². The molecular formula is C9H7ClF3NO2S. The summed E-state index contributed by atoms with van der Waals surface area (Å²) in [7, 11) is -4.63. The minimum atomic E-state index is -5.01. The van der Waals surface area contributed by atoms with Crippen molar-refractivity contribution < 1.29 is 21.6 Å². The van der Waals surface area contributed by atoms with Crippen molar-refractivity contribution in [1.82, 2.24) is 0 Å². The Hall–Kier alpha value is -1.08. The molecule has 0 fully saturated rings. The lowest BCUT2D eigenvalue weighted by atomic mass is 10.4. The molecule has 94 valence electrons. The number of hydrogen-bond donors (Lipinski definition) is 0. The average Bonchev–Trinajstić information content (AvgIpc) is 2.25. The summed E-state index contributed by atoms with van der Waals surface area (Å²) < 4.78 is 61.0. The highest BCUT2D eigenvalue weighted by molar-refractivity contribution is 7.92. The number of hydrogen-bond acceptors (Lipinski definition) is 3. The van der Waals surface area contributed by atoms with Gasteiger partial charge in [-0.15, -0.1) is 0 Å². The van der Waals surface area contributed by atoms with E-state index in [1.54, 1.807) is 0 Å². The van der Waals surface area contributed by atoms with Gasteiger partial charge in [0, 0.05) is 0 Å². The Labute approximate surface area is 101 Å². The van der Waals surface area contributed by atoms with Crippen LogP contribution in [0.25, 0.3) is 0 Å². The Kier molecular flexibility index (Phi) is 4.16. The summed E-state index contributed by atoms with van der Waals surface area (Å²) in [5.41, 5.74) is 0.304. The third-order valence-electron chi connectivity index (χ3n) is 1.84. The van der Waals surface area contributed by atoms with Crippen LogP contribution >= 0.6 is 11.6 Å². The summed E-state index contributed by atoms with van der Waals surface area (Å²) >= 11 is 4.94. The smallest absolute Gasteiger partial charge is 0.252 e. The second-order valence-corrected chi connectivity index (χ2v) is 5.20. The molecule has 0 aromatic heterocycles. The van der Waals surface area contributed by atoms with Crippen LogP contribution in [0.3, 0.4) is 0 Å². The van der Waals surface area contributed by atoms with Gasteiger partial charge in [0.05, 0.1) is 10.6 Å². The Bertz CT molecular complexity index is 499. The molecule has 0 N–H and O–H groups in total. The molecule has 0 heterocycles. The normalized spacial score (nSPS) is 15.1. The monoisotopic (exact) mass is 285 g/mol. The van der Waals surface area contributed by atoms with Crippen LogP contribution in [0.5, 0.6) is 0 Å². The highest BCUT2D eigenvalue weighted by Crippen LogP contribution is 2.31. The van der Waals surface area contributed by atoms with Gasteiger partial charge in [-0.25, -0.2) is 8.42 Å². The molecule has 0 saturated heterocycles. The maximum Gasteiger partial charge on any atom is 0.425 e. The minimum Gasteiger partial charge on any atom is -0.252 e. The molecule has 0 saturated carbocycles. The van der Waals surface area contributed by atoms with Gasteiger partial charge in [0.25, 0.3) is 5.37 Å². The molecule has 0 radical (unpaired) electrons. The molecule has 0 spiro atoms. The number of benzene rings is 1. The van der Waals surface area contributed by atoms with Gasteiger partial charge in [0.15, 0.2) is 0 Å². The van der Waals surface area contributed by atoms with E-state index in [2.05, 4.69) is 4.99 Å². The van der Waals surface area contributed by atoms with Crippen LogP contribution in [0.1, 0.15) is 0 Å². The number of halogens is 4. The summed E-state index contributed by atoms with van der Waals surface area (Å²) in [6.45, 7) is 0. The molecule has 17 heavy (non-hydrogen) atoms. The van der Waals surface area contributed by atoms with E-state index in [1.165, 1.54) is 18.2 Å². The van der Waals surface area contributed by atoms with Crippen LogP contribution in [0, 0.1) is 0 Å². The Balaban J connectivity index is 3.29. The van der Waals surface area contributed by atoms with Gasteiger partial charge in [0.1, 0.15) is 0 Å². The van der Waals surface area contributed by atoms with Gasteiger partial charge in [0.2, 0.25) is 9.84 Å². The van der Waals surface area contributed by atoms with E-state index >= 15 is 0 Å². The van der Waals surface area contributed by atoms with Crippen molar-refractivity contribution in [3.8, 4) is 0 Å². The zero-order chi connectivity index (χ0) is 13.1. The SMILES string of the molecule is O=S(=O)(c1ccccc1)C(N=CCl)C(F)(F)F. The molecule has 3 nitrogen and oxygen atoms in total. The van der Waals surface area contributed by atoms with Crippen molar-refractivity contribution >= 4 is 27.1 Å². The molecule has 8 heteroatoms. The molecule has 1 unspecified atom stereocenters. The first-order chi connectivity index (χ1) is 7.80. The van der Waals surface area contributed by atoms with Gasteiger partial charge < -0.3 is 0 Å². The first-order valence-electron chi connectivity index (χ1n) is 4.27. The molecule has 0 bridgehead atoms. The zero-order valence-corrected chi connectivity index (χ0v) is 9.80. The van der Waals surface area contributed by atoms with Crippen molar-refractivity contribution in [2.75, 3.05) is 0 Å². The van der Waals surface area contributed by atoms with Crippen LogP contribution in [0.4, 0.5) is 13.2 Å². The van der Waals surface area contributed by atoms with E-state index in [9.17, 15) is 21.6 Å². The zero-order valence-electron chi connectivity index (χ0n) is 8.23. The number of aliphatic imine (C=N–C) groups is 1. The van der Waals surface area contributed by atoms with Crippen molar-refractivity contribution in [2.24, 2.45) is 4.99 Å². The number of rotatable bonds is 3. The molecule has 1 aromatic rings. The Morgan fingerprint density at radius 1 is 1.24 bits per heavy atom. The third kappa shape index (κ3) is 3.19. The Morgan fingerprint density at radius 2 is 1.76 bits per heavy atom. The van der Waals surface area contributed by atoms with E-state index in [1.807, 2.05) is 0 Å². The summed E-state index contributed by atoms with van der Waals surface area (Å²) in [6, 6.07) is 6.28. The van der Waals surface area contributed by atoms with Crippen LogP contribution in [0.2, 0.25) is 0 Å². The molecule has 1 rings (SSSR count). The minimum absolute atomic E-state index is 0.304.